The second-order valence-electron chi connectivity index (χ2n) is 4.32. The number of aromatic nitrogens is 2. The van der Waals surface area contributed by atoms with Gasteiger partial charge in [0.05, 0.1) is 5.69 Å². The highest BCUT2D eigenvalue weighted by Gasteiger charge is 2.10. The molecular weight excluding hydrogens is 232 g/mol. The van der Waals surface area contributed by atoms with Crippen LogP contribution in [0.4, 0.5) is 0 Å². The van der Waals surface area contributed by atoms with Crippen molar-refractivity contribution in [3.05, 3.63) is 32.6 Å². The molecule has 5 nitrogen and oxygen atoms in total. The van der Waals surface area contributed by atoms with Gasteiger partial charge in [-0.25, -0.2) is 4.79 Å². The van der Waals surface area contributed by atoms with Gasteiger partial charge in [-0.2, -0.15) is 0 Å². The molecule has 100 valence electrons. The monoisotopic (exact) mass is 252 g/mol. The molecule has 0 spiro atoms. The van der Waals surface area contributed by atoms with Crippen molar-refractivity contribution in [2.45, 2.75) is 52.6 Å². The van der Waals surface area contributed by atoms with E-state index in [1.165, 1.54) is 15.2 Å². The molecule has 0 saturated heterocycles. The molecule has 0 aromatic carbocycles. The Bertz CT molecular complexity index is 514. The van der Waals surface area contributed by atoms with E-state index in [2.05, 4.69) is 0 Å². The van der Waals surface area contributed by atoms with Gasteiger partial charge in [0.1, 0.15) is 0 Å². The molecular formula is C13H20N2O3. The minimum Gasteiger partial charge on any atom is -0.296 e. The number of nitrogens with zero attached hydrogens (tertiary/aromatic N) is 2. The number of aldehydes is 1. The van der Waals surface area contributed by atoms with Crippen LogP contribution in [0.3, 0.4) is 0 Å². The number of carbonyl (C=O) groups is 1. The van der Waals surface area contributed by atoms with E-state index in [1.807, 2.05) is 13.8 Å². The Balaban J connectivity index is 3.25. The third-order valence-electron chi connectivity index (χ3n) is 2.90. The molecule has 0 unspecified atom stereocenters. The van der Waals surface area contributed by atoms with Gasteiger partial charge in [0.25, 0.3) is 5.56 Å². The van der Waals surface area contributed by atoms with E-state index in [1.54, 1.807) is 0 Å². The minimum absolute atomic E-state index is 0.172. The molecule has 0 atom stereocenters. The van der Waals surface area contributed by atoms with Crippen molar-refractivity contribution in [1.82, 2.24) is 9.13 Å². The Morgan fingerprint density at radius 2 is 1.61 bits per heavy atom. The first kappa shape index (κ1) is 14.4. The fraction of sp³-hybridized carbons (Fsp3) is 0.615. The van der Waals surface area contributed by atoms with E-state index >= 15 is 0 Å². The molecule has 0 aliphatic heterocycles. The van der Waals surface area contributed by atoms with Gasteiger partial charge in [0, 0.05) is 19.2 Å². The number of rotatable bonds is 7. The lowest BCUT2D eigenvalue weighted by atomic mass is 10.3. The van der Waals surface area contributed by atoms with Gasteiger partial charge < -0.3 is 0 Å². The highest BCUT2D eigenvalue weighted by Crippen LogP contribution is 1.96. The van der Waals surface area contributed by atoms with E-state index in [-0.39, 0.29) is 16.9 Å². The number of carbonyl (C=O) groups excluding carboxylic acids is 1. The maximum absolute atomic E-state index is 12.1. The summed E-state index contributed by atoms with van der Waals surface area (Å²) in [6.07, 6.45) is 4.01. The summed E-state index contributed by atoms with van der Waals surface area (Å²) < 4.78 is 2.61. The van der Waals surface area contributed by atoms with E-state index < -0.39 is 0 Å². The predicted molar refractivity (Wildman–Crippen MR) is 70.2 cm³/mol. The Morgan fingerprint density at radius 1 is 1.06 bits per heavy atom. The summed E-state index contributed by atoms with van der Waals surface area (Å²) in [4.78, 5) is 34.8. The molecule has 0 radical (unpaired) electrons. The summed E-state index contributed by atoms with van der Waals surface area (Å²) in [5, 5.41) is 0. The first-order valence-electron chi connectivity index (χ1n) is 6.45. The summed E-state index contributed by atoms with van der Waals surface area (Å²) in [5.41, 5.74) is -0.582. The molecule has 0 amide bonds. The van der Waals surface area contributed by atoms with Gasteiger partial charge in [-0.1, -0.05) is 26.7 Å². The Kier molecular flexibility index (Phi) is 5.55. The summed E-state index contributed by atoms with van der Waals surface area (Å²) >= 11 is 0. The number of hydrogen-bond donors (Lipinski definition) is 0. The van der Waals surface area contributed by atoms with Crippen molar-refractivity contribution in [1.29, 1.82) is 0 Å². The van der Waals surface area contributed by atoms with Crippen LogP contribution in [0.5, 0.6) is 0 Å². The van der Waals surface area contributed by atoms with E-state index in [0.717, 1.165) is 25.7 Å². The van der Waals surface area contributed by atoms with Crippen LogP contribution < -0.4 is 11.2 Å². The SMILES string of the molecule is CCCCn1c(C=O)cc(=O)n(CCCC)c1=O. The summed E-state index contributed by atoms with van der Waals surface area (Å²) in [6, 6.07) is 1.25. The van der Waals surface area contributed by atoms with Gasteiger partial charge in [0.2, 0.25) is 0 Å². The lowest BCUT2D eigenvalue weighted by Crippen LogP contribution is -2.41. The zero-order chi connectivity index (χ0) is 13.5. The fourth-order valence-electron chi connectivity index (χ4n) is 1.79. The Hall–Kier alpha value is -1.65. The standard InChI is InChI=1S/C13H20N2O3/c1-3-5-7-14-11(10-16)9-12(17)15(13(14)18)8-6-4-2/h9-10H,3-8H2,1-2H3. The highest BCUT2D eigenvalue weighted by molar-refractivity contribution is 5.71. The van der Waals surface area contributed by atoms with E-state index in [4.69, 9.17) is 0 Å². The van der Waals surface area contributed by atoms with Crippen molar-refractivity contribution in [2.75, 3.05) is 0 Å². The second kappa shape index (κ2) is 6.93. The quantitative estimate of drug-likeness (QED) is 0.689. The van der Waals surface area contributed by atoms with Crippen molar-refractivity contribution in [3.8, 4) is 0 Å². The second-order valence-corrected chi connectivity index (χ2v) is 4.32. The third-order valence-corrected chi connectivity index (χ3v) is 2.90. The van der Waals surface area contributed by atoms with Crippen LogP contribution in [-0.4, -0.2) is 15.4 Å². The molecule has 0 aliphatic carbocycles. The third kappa shape index (κ3) is 3.18. The summed E-state index contributed by atoms with van der Waals surface area (Å²) in [7, 11) is 0. The average Bonchev–Trinajstić information content (AvgIpc) is 2.37. The lowest BCUT2D eigenvalue weighted by Gasteiger charge is -2.11. The number of unbranched alkanes of at least 4 members (excludes halogenated alkanes) is 2. The maximum Gasteiger partial charge on any atom is 0.331 e. The smallest absolute Gasteiger partial charge is 0.296 e. The summed E-state index contributed by atoms with van der Waals surface area (Å²) in [6.45, 7) is 4.91. The lowest BCUT2D eigenvalue weighted by molar-refractivity contribution is 0.111. The molecule has 18 heavy (non-hydrogen) atoms. The highest BCUT2D eigenvalue weighted by atomic mass is 16.2. The van der Waals surface area contributed by atoms with Crippen LogP contribution in [0, 0.1) is 0 Å². The Morgan fingerprint density at radius 3 is 2.11 bits per heavy atom. The van der Waals surface area contributed by atoms with Crippen LogP contribution in [0.2, 0.25) is 0 Å². The van der Waals surface area contributed by atoms with Gasteiger partial charge in [-0.3, -0.25) is 18.7 Å². The topological polar surface area (TPSA) is 61.1 Å². The summed E-state index contributed by atoms with van der Waals surface area (Å²) in [5.74, 6) is 0. The molecule has 0 N–H and O–H groups in total. The average molecular weight is 252 g/mol. The van der Waals surface area contributed by atoms with Crippen LogP contribution in [0.15, 0.2) is 15.7 Å². The van der Waals surface area contributed by atoms with Crippen LogP contribution in [-0.2, 0) is 13.1 Å². The molecule has 1 heterocycles. The molecule has 0 fully saturated rings. The number of hydrogen-bond acceptors (Lipinski definition) is 3. The van der Waals surface area contributed by atoms with Crippen LogP contribution in [0.1, 0.15) is 50.0 Å². The van der Waals surface area contributed by atoms with Gasteiger partial charge in [-0.05, 0) is 12.8 Å². The molecule has 1 aromatic heterocycles. The minimum atomic E-state index is -0.386. The van der Waals surface area contributed by atoms with Crippen molar-refractivity contribution in [2.24, 2.45) is 0 Å². The zero-order valence-electron chi connectivity index (χ0n) is 11.0. The predicted octanol–water partition coefficient (Wildman–Crippen LogP) is 1.42. The molecule has 5 heteroatoms. The first-order chi connectivity index (χ1) is 8.65. The van der Waals surface area contributed by atoms with Gasteiger partial charge in [0.15, 0.2) is 6.29 Å². The first-order valence-corrected chi connectivity index (χ1v) is 6.45. The van der Waals surface area contributed by atoms with Gasteiger partial charge >= 0.3 is 5.69 Å². The fourth-order valence-corrected chi connectivity index (χ4v) is 1.79. The maximum atomic E-state index is 12.1. The van der Waals surface area contributed by atoms with Crippen molar-refractivity contribution < 1.29 is 4.79 Å². The molecule has 1 rings (SSSR count). The van der Waals surface area contributed by atoms with Crippen LogP contribution >= 0.6 is 0 Å². The largest absolute Gasteiger partial charge is 0.331 e. The van der Waals surface area contributed by atoms with Crippen molar-refractivity contribution >= 4 is 6.29 Å². The molecule has 0 saturated carbocycles. The normalized spacial score (nSPS) is 10.6. The molecule has 0 bridgehead atoms. The zero-order valence-corrected chi connectivity index (χ0v) is 11.0. The molecule has 0 aliphatic rings. The van der Waals surface area contributed by atoms with E-state index in [0.29, 0.717) is 19.4 Å². The van der Waals surface area contributed by atoms with E-state index in [9.17, 15) is 14.4 Å². The van der Waals surface area contributed by atoms with Gasteiger partial charge in [-0.15, -0.1) is 0 Å². The molecule has 1 aromatic rings. The Labute approximate surface area is 106 Å². The van der Waals surface area contributed by atoms with Crippen molar-refractivity contribution in [3.63, 3.8) is 0 Å². The van der Waals surface area contributed by atoms with Crippen LogP contribution in [0.25, 0.3) is 0 Å².